The highest BCUT2D eigenvalue weighted by Crippen LogP contribution is 2.22. The van der Waals surface area contributed by atoms with Crippen molar-refractivity contribution in [3.8, 4) is 0 Å². The van der Waals surface area contributed by atoms with Gasteiger partial charge in [0.1, 0.15) is 0 Å². The summed E-state index contributed by atoms with van der Waals surface area (Å²) in [5.74, 6) is 0. The molecule has 0 atom stereocenters. The number of benzene rings is 1. The molecule has 0 saturated heterocycles. The van der Waals surface area contributed by atoms with Crippen molar-refractivity contribution in [1.29, 1.82) is 0 Å². The Labute approximate surface area is 117 Å². The lowest BCUT2D eigenvalue weighted by molar-refractivity contribution is 0.252. The molecule has 0 bridgehead atoms. The largest absolute Gasteiger partial charge is 0.338 e. The monoisotopic (exact) mass is 289 g/mol. The summed E-state index contributed by atoms with van der Waals surface area (Å²) in [6, 6.07) is 4.64. The van der Waals surface area contributed by atoms with Crippen LogP contribution in [0.15, 0.2) is 18.2 Å². The second-order valence-corrected chi connectivity index (χ2v) is 4.62. The van der Waals surface area contributed by atoms with Crippen LogP contribution in [-0.2, 0) is 0 Å². The normalized spacial score (nSPS) is 10.2. The standard InChI is InChI=1S/C12H17Cl2N3O/c1-2-15-4-3-5-16-12(18)17-11-7-9(13)6-10(14)8-11/h6-8,15H,2-5H2,1H3,(H2,16,17,18). The maximum atomic E-state index is 11.5. The molecule has 0 heterocycles. The smallest absolute Gasteiger partial charge is 0.319 e. The fraction of sp³-hybridized carbons (Fsp3) is 0.417. The molecule has 1 rings (SSSR count). The molecule has 0 unspecified atom stereocenters. The third-order valence-electron chi connectivity index (χ3n) is 2.19. The number of hydrogen-bond donors (Lipinski definition) is 3. The molecule has 6 heteroatoms. The highest BCUT2D eigenvalue weighted by Gasteiger charge is 2.03. The minimum atomic E-state index is -0.259. The van der Waals surface area contributed by atoms with Crippen LogP contribution < -0.4 is 16.0 Å². The molecule has 18 heavy (non-hydrogen) atoms. The number of anilines is 1. The summed E-state index contributed by atoms with van der Waals surface area (Å²) in [6.07, 6.45) is 0.886. The van der Waals surface area contributed by atoms with Gasteiger partial charge in [0.2, 0.25) is 0 Å². The van der Waals surface area contributed by atoms with Gasteiger partial charge in [-0.25, -0.2) is 4.79 Å². The molecule has 0 saturated carbocycles. The summed E-state index contributed by atoms with van der Waals surface area (Å²) < 4.78 is 0. The molecule has 100 valence electrons. The Bertz CT molecular complexity index is 379. The zero-order chi connectivity index (χ0) is 13.4. The van der Waals surface area contributed by atoms with Crippen molar-refractivity contribution in [2.24, 2.45) is 0 Å². The molecule has 0 fully saturated rings. The number of carbonyl (C=O) groups excluding carboxylic acids is 1. The molecule has 0 aliphatic rings. The van der Waals surface area contributed by atoms with Gasteiger partial charge in [-0.15, -0.1) is 0 Å². The van der Waals surface area contributed by atoms with E-state index in [0.29, 0.717) is 22.3 Å². The number of urea groups is 1. The molecule has 0 radical (unpaired) electrons. The number of rotatable bonds is 6. The molecule has 4 nitrogen and oxygen atoms in total. The Kier molecular flexibility index (Phi) is 6.86. The van der Waals surface area contributed by atoms with Crippen LogP contribution in [0.1, 0.15) is 13.3 Å². The summed E-state index contributed by atoms with van der Waals surface area (Å²) in [7, 11) is 0. The van der Waals surface area contributed by atoms with E-state index in [0.717, 1.165) is 19.5 Å². The van der Waals surface area contributed by atoms with Gasteiger partial charge in [-0.2, -0.15) is 0 Å². The van der Waals surface area contributed by atoms with E-state index >= 15 is 0 Å². The lowest BCUT2D eigenvalue weighted by atomic mass is 10.3. The van der Waals surface area contributed by atoms with Gasteiger partial charge < -0.3 is 16.0 Å². The van der Waals surface area contributed by atoms with E-state index in [1.807, 2.05) is 6.92 Å². The Morgan fingerprint density at radius 3 is 2.44 bits per heavy atom. The van der Waals surface area contributed by atoms with Crippen molar-refractivity contribution >= 4 is 34.9 Å². The number of carbonyl (C=O) groups is 1. The van der Waals surface area contributed by atoms with E-state index in [-0.39, 0.29) is 6.03 Å². The maximum Gasteiger partial charge on any atom is 0.319 e. The number of amides is 2. The van der Waals surface area contributed by atoms with Crippen LogP contribution in [0.25, 0.3) is 0 Å². The van der Waals surface area contributed by atoms with Crippen molar-refractivity contribution in [2.75, 3.05) is 25.0 Å². The molecule has 0 spiro atoms. The van der Waals surface area contributed by atoms with Gasteiger partial charge in [-0.3, -0.25) is 0 Å². The summed E-state index contributed by atoms with van der Waals surface area (Å²) >= 11 is 11.7. The van der Waals surface area contributed by atoms with Crippen molar-refractivity contribution in [3.05, 3.63) is 28.2 Å². The zero-order valence-electron chi connectivity index (χ0n) is 10.2. The Morgan fingerprint density at radius 1 is 1.17 bits per heavy atom. The van der Waals surface area contributed by atoms with Crippen LogP contribution in [0.4, 0.5) is 10.5 Å². The van der Waals surface area contributed by atoms with Gasteiger partial charge in [0.05, 0.1) is 0 Å². The van der Waals surface area contributed by atoms with E-state index in [2.05, 4.69) is 16.0 Å². The van der Waals surface area contributed by atoms with Crippen LogP contribution in [0.2, 0.25) is 10.0 Å². The first-order chi connectivity index (χ1) is 8.61. The highest BCUT2D eigenvalue weighted by atomic mass is 35.5. The van der Waals surface area contributed by atoms with Crippen molar-refractivity contribution in [1.82, 2.24) is 10.6 Å². The van der Waals surface area contributed by atoms with Crippen LogP contribution in [0, 0.1) is 0 Å². The summed E-state index contributed by atoms with van der Waals surface area (Å²) in [4.78, 5) is 11.5. The van der Waals surface area contributed by atoms with Gasteiger partial charge in [0.25, 0.3) is 0 Å². The van der Waals surface area contributed by atoms with Gasteiger partial charge >= 0.3 is 6.03 Å². The van der Waals surface area contributed by atoms with Crippen LogP contribution in [0.3, 0.4) is 0 Å². The zero-order valence-corrected chi connectivity index (χ0v) is 11.7. The Balaban J connectivity index is 2.31. The third-order valence-corrected chi connectivity index (χ3v) is 2.62. The summed E-state index contributed by atoms with van der Waals surface area (Å²) in [6.45, 7) is 4.49. The number of hydrogen-bond acceptors (Lipinski definition) is 2. The lowest BCUT2D eigenvalue weighted by Gasteiger charge is -2.08. The molecular weight excluding hydrogens is 273 g/mol. The highest BCUT2D eigenvalue weighted by molar-refractivity contribution is 6.35. The number of halogens is 2. The molecule has 2 amide bonds. The van der Waals surface area contributed by atoms with Crippen LogP contribution in [0.5, 0.6) is 0 Å². The predicted molar refractivity (Wildman–Crippen MR) is 76.6 cm³/mol. The van der Waals surface area contributed by atoms with Gasteiger partial charge in [0, 0.05) is 22.3 Å². The summed E-state index contributed by atoms with van der Waals surface area (Å²) in [5.41, 5.74) is 0.580. The van der Waals surface area contributed by atoms with E-state index in [1.165, 1.54) is 0 Å². The molecule has 3 N–H and O–H groups in total. The molecule has 0 aliphatic heterocycles. The van der Waals surface area contributed by atoms with Gasteiger partial charge in [-0.1, -0.05) is 30.1 Å². The van der Waals surface area contributed by atoms with Crippen molar-refractivity contribution in [3.63, 3.8) is 0 Å². The van der Waals surface area contributed by atoms with E-state index in [1.54, 1.807) is 18.2 Å². The fourth-order valence-electron chi connectivity index (χ4n) is 1.39. The molecule has 1 aromatic carbocycles. The first-order valence-corrected chi connectivity index (χ1v) is 6.59. The van der Waals surface area contributed by atoms with E-state index in [9.17, 15) is 4.79 Å². The topological polar surface area (TPSA) is 53.2 Å². The Hall–Kier alpha value is -0.970. The Morgan fingerprint density at radius 2 is 1.83 bits per heavy atom. The molecule has 1 aromatic rings. The molecule has 0 aliphatic carbocycles. The second kappa shape index (κ2) is 8.19. The van der Waals surface area contributed by atoms with Crippen molar-refractivity contribution in [2.45, 2.75) is 13.3 Å². The first kappa shape index (κ1) is 15.1. The van der Waals surface area contributed by atoms with E-state index in [4.69, 9.17) is 23.2 Å². The van der Waals surface area contributed by atoms with Crippen molar-refractivity contribution < 1.29 is 4.79 Å². The first-order valence-electron chi connectivity index (χ1n) is 5.83. The quantitative estimate of drug-likeness (QED) is 0.705. The van der Waals surface area contributed by atoms with Crippen LogP contribution in [-0.4, -0.2) is 25.7 Å². The maximum absolute atomic E-state index is 11.5. The van der Waals surface area contributed by atoms with E-state index < -0.39 is 0 Å². The molecule has 0 aromatic heterocycles. The van der Waals surface area contributed by atoms with Gasteiger partial charge in [0.15, 0.2) is 0 Å². The third kappa shape index (κ3) is 6.10. The lowest BCUT2D eigenvalue weighted by Crippen LogP contribution is -2.31. The number of nitrogens with one attached hydrogen (secondary N) is 3. The second-order valence-electron chi connectivity index (χ2n) is 3.75. The fourth-order valence-corrected chi connectivity index (χ4v) is 1.92. The average molecular weight is 290 g/mol. The van der Waals surface area contributed by atoms with Crippen LogP contribution >= 0.6 is 23.2 Å². The van der Waals surface area contributed by atoms with Gasteiger partial charge in [-0.05, 0) is 37.7 Å². The average Bonchev–Trinajstić information content (AvgIpc) is 2.27. The SMILES string of the molecule is CCNCCCNC(=O)Nc1cc(Cl)cc(Cl)c1. The minimum Gasteiger partial charge on any atom is -0.338 e. The minimum absolute atomic E-state index is 0.259. The summed E-state index contributed by atoms with van der Waals surface area (Å²) in [5, 5.41) is 9.59. The molecular formula is C12H17Cl2N3O. The predicted octanol–water partition coefficient (Wildman–Crippen LogP) is 3.11.